The van der Waals surface area contributed by atoms with Crippen molar-refractivity contribution in [3.05, 3.63) is 50.8 Å². The van der Waals surface area contributed by atoms with Crippen LogP contribution in [-0.2, 0) is 0 Å². The molecule has 1 unspecified atom stereocenters. The van der Waals surface area contributed by atoms with E-state index in [9.17, 15) is 9.59 Å². The Morgan fingerprint density at radius 1 is 1.32 bits per heavy atom. The number of fused-ring (bicyclic) bond motifs is 1. The summed E-state index contributed by atoms with van der Waals surface area (Å²) in [6, 6.07) is 1.77. The summed E-state index contributed by atoms with van der Waals surface area (Å²) in [6.07, 6.45) is 3.34. The van der Waals surface area contributed by atoms with Crippen LogP contribution < -0.4 is 5.56 Å². The molecule has 1 aliphatic rings. The fourth-order valence-corrected chi connectivity index (χ4v) is 3.46. The van der Waals surface area contributed by atoms with E-state index in [1.165, 1.54) is 4.52 Å². The van der Waals surface area contributed by atoms with E-state index in [2.05, 4.69) is 20.3 Å². The van der Waals surface area contributed by atoms with Crippen LogP contribution in [0.2, 0.25) is 0 Å². The molecule has 1 amide bonds. The van der Waals surface area contributed by atoms with Gasteiger partial charge < -0.3 is 4.90 Å². The number of carbonyl (C=O) groups is 1. The summed E-state index contributed by atoms with van der Waals surface area (Å²) < 4.78 is 1.46. The zero-order valence-electron chi connectivity index (χ0n) is 14.5. The lowest BCUT2D eigenvalue weighted by molar-refractivity contribution is 0.0732. The Balaban J connectivity index is 1.75. The minimum Gasteiger partial charge on any atom is -0.330 e. The Labute approximate surface area is 143 Å². The molecule has 8 nitrogen and oxygen atoms in total. The number of H-pyrrole nitrogens is 2. The molecule has 3 aromatic rings. The first-order chi connectivity index (χ1) is 12.0. The van der Waals surface area contributed by atoms with Gasteiger partial charge in [0.2, 0.25) is 0 Å². The van der Waals surface area contributed by atoms with Crippen molar-refractivity contribution in [1.82, 2.24) is 29.7 Å². The zero-order valence-corrected chi connectivity index (χ0v) is 14.5. The predicted molar refractivity (Wildman–Crippen MR) is 91.6 cm³/mol. The average Bonchev–Trinajstić information content (AvgIpc) is 3.30. The zero-order chi connectivity index (χ0) is 17.7. The van der Waals surface area contributed by atoms with Gasteiger partial charge in [-0.2, -0.15) is 5.10 Å². The highest BCUT2D eigenvalue weighted by molar-refractivity contribution is 5.95. The molecule has 1 fully saturated rings. The molecule has 1 atom stereocenters. The standard InChI is InChI=1S/C17H20N6O2/c1-9-10(2)19-15-7-13(21-23(15)16(9)24)14-5-4-6-22(14)17(25)12-8-18-20-11(12)3/h7-8,14,21H,4-6H2,1-3H3,(H,18,20). The fraction of sp³-hybridized carbons (Fsp3) is 0.412. The minimum atomic E-state index is -0.102. The van der Waals surface area contributed by atoms with Gasteiger partial charge in [0.15, 0.2) is 5.65 Å². The van der Waals surface area contributed by atoms with Gasteiger partial charge >= 0.3 is 0 Å². The number of aromatic amines is 2. The maximum atomic E-state index is 12.9. The second-order valence-electron chi connectivity index (χ2n) is 6.60. The number of amides is 1. The number of nitrogens with zero attached hydrogens (tertiary/aromatic N) is 4. The number of aromatic nitrogens is 5. The second kappa shape index (κ2) is 5.58. The van der Waals surface area contributed by atoms with E-state index in [1.807, 2.05) is 24.8 Å². The molecule has 1 saturated heterocycles. The summed E-state index contributed by atoms with van der Waals surface area (Å²) in [5.74, 6) is -0.0416. The molecule has 130 valence electrons. The molecule has 0 saturated carbocycles. The Morgan fingerprint density at radius 2 is 2.12 bits per heavy atom. The first kappa shape index (κ1) is 15.6. The summed E-state index contributed by atoms with van der Waals surface area (Å²) >= 11 is 0. The van der Waals surface area contributed by atoms with Crippen molar-refractivity contribution >= 4 is 11.6 Å². The number of hydrogen-bond acceptors (Lipinski definition) is 4. The molecule has 0 radical (unpaired) electrons. The first-order valence-electron chi connectivity index (χ1n) is 8.37. The molecule has 4 heterocycles. The average molecular weight is 340 g/mol. The van der Waals surface area contributed by atoms with Crippen molar-refractivity contribution in [2.75, 3.05) is 6.54 Å². The van der Waals surface area contributed by atoms with Crippen LogP contribution in [0.15, 0.2) is 17.1 Å². The quantitative estimate of drug-likeness (QED) is 0.741. The summed E-state index contributed by atoms with van der Waals surface area (Å²) in [4.78, 5) is 31.6. The summed E-state index contributed by atoms with van der Waals surface area (Å²) in [5.41, 5.74) is 4.02. The van der Waals surface area contributed by atoms with Crippen molar-refractivity contribution in [3.8, 4) is 0 Å². The van der Waals surface area contributed by atoms with Gasteiger partial charge in [-0.25, -0.2) is 9.50 Å². The van der Waals surface area contributed by atoms with Crippen molar-refractivity contribution in [2.45, 2.75) is 39.7 Å². The number of aryl methyl sites for hydroxylation is 2. The van der Waals surface area contributed by atoms with Crippen molar-refractivity contribution in [3.63, 3.8) is 0 Å². The highest BCUT2D eigenvalue weighted by Gasteiger charge is 2.33. The molecule has 25 heavy (non-hydrogen) atoms. The number of carbonyl (C=O) groups excluding carboxylic acids is 1. The van der Waals surface area contributed by atoms with Gasteiger partial charge in [-0.05, 0) is 33.6 Å². The molecule has 3 aromatic heterocycles. The van der Waals surface area contributed by atoms with E-state index in [0.29, 0.717) is 23.3 Å². The maximum absolute atomic E-state index is 12.9. The third-order valence-electron chi connectivity index (χ3n) is 5.04. The molecule has 8 heteroatoms. The molecule has 4 rings (SSSR count). The lowest BCUT2D eigenvalue weighted by atomic mass is 10.1. The van der Waals surface area contributed by atoms with Crippen LogP contribution in [0, 0.1) is 20.8 Å². The third-order valence-corrected chi connectivity index (χ3v) is 5.04. The van der Waals surface area contributed by atoms with Crippen LogP contribution in [0.1, 0.15) is 51.9 Å². The molecule has 0 aliphatic carbocycles. The normalized spacial score (nSPS) is 17.6. The monoisotopic (exact) mass is 340 g/mol. The van der Waals surface area contributed by atoms with Gasteiger partial charge in [0, 0.05) is 29.6 Å². The van der Waals surface area contributed by atoms with Crippen LogP contribution in [-0.4, -0.2) is 42.1 Å². The van der Waals surface area contributed by atoms with E-state index < -0.39 is 0 Å². The number of likely N-dealkylation sites (tertiary alicyclic amines) is 1. The van der Waals surface area contributed by atoms with Crippen LogP contribution in [0.5, 0.6) is 0 Å². The van der Waals surface area contributed by atoms with E-state index >= 15 is 0 Å². The van der Waals surface area contributed by atoms with Gasteiger partial charge in [0.25, 0.3) is 11.5 Å². The molecule has 2 N–H and O–H groups in total. The van der Waals surface area contributed by atoms with Crippen LogP contribution in [0.3, 0.4) is 0 Å². The lowest BCUT2D eigenvalue weighted by Gasteiger charge is -2.23. The van der Waals surface area contributed by atoms with Gasteiger partial charge in [-0.1, -0.05) is 0 Å². The van der Waals surface area contributed by atoms with Crippen LogP contribution >= 0.6 is 0 Å². The summed E-state index contributed by atoms with van der Waals surface area (Å²) in [7, 11) is 0. The predicted octanol–water partition coefficient (Wildman–Crippen LogP) is 1.65. The topological polar surface area (TPSA) is 99.2 Å². The van der Waals surface area contributed by atoms with Crippen LogP contribution in [0.25, 0.3) is 5.65 Å². The lowest BCUT2D eigenvalue weighted by Crippen LogP contribution is -2.31. The Kier molecular flexibility index (Phi) is 3.48. The summed E-state index contributed by atoms with van der Waals surface area (Å²) in [6.45, 7) is 6.12. The molecule has 0 bridgehead atoms. The highest BCUT2D eigenvalue weighted by Crippen LogP contribution is 2.32. The van der Waals surface area contributed by atoms with E-state index in [4.69, 9.17) is 0 Å². The molecule has 0 spiro atoms. The smallest absolute Gasteiger partial charge is 0.275 e. The van der Waals surface area contributed by atoms with E-state index in [1.54, 1.807) is 13.1 Å². The van der Waals surface area contributed by atoms with Gasteiger partial charge in [0.1, 0.15) is 0 Å². The maximum Gasteiger partial charge on any atom is 0.275 e. The second-order valence-corrected chi connectivity index (χ2v) is 6.60. The van der Waals surface area contributed by atoms with Crippen molar-refractivity contribution in [1.29, 1.82) is 0 Å². The van der Waals surface area contributed by atoms with Crippen LogP contribution in [0.4, 0.5) is 0 Å². The van der Waals surface area contributed by atoms with Crippen molar-refractivity contribution in [2.24, 2.45) is 0 Å². The Morgan fingerprint density at radius 3 is 2.84 bits per heavy atom. The van der Waals surface area contributed by atoms with Crippen molar-refractivity contribution < 1.29 is 4.79 Å². The SMILES string of the molecule is Cc1nc2cc(C3CCCN3C(=O)c3cn[nH]c3C)[nH]n2c(=O)c1C. The Hall–Kier alpha value is -2.90. The number of rotatable bonds is 2. The molecular weight excluding hydrogens is 320 g/mol. The first-order valence-corrected chi connectivity index (χ1v) is 8.37. The Bertz CT molecular complexity index is 1030. The van der Waals surface area contributed by atoms with Gasteiger partial charge in [-0.15, -0.1) is 0 Å². The third kappa shape index (κ3) is 2.36. The summed E-state index contributed by atoms with van der Waals surface area (Å²) in [5, 5.41) is 9.89. The number of nitrogens with one attached hydrogen (secondary N) is 2. The van der Waals surface area contributed by atoms with E-state index in [-0.39, 0.29) is 17.5 Å². The minimum absolute atomic E-state index is 0.0416. The van der Waals surface area contributed by atoms with Gasteiger partial charge in [-0.3, -0.25) is 19.8 Å². The largest absolute Gasteiger partial charge is 0.330 e. The molecule has 0 aromatic carbocycles. The molecular formula is C17H20N6O2. The number of hydrogen-bond donors (Lipinski definition) is 2. The van der Waals surface area contributed by atoms with Gasteiger partial charge in [0.05, 0.1) is 23.5 Å². The van der Waals surface area contributed by atoms with E-state index in [0.717, 1.165) is 29.9 Å². The fourth-order valence-electron chi connectivity index (χ4n) is 3.46. The highest BCUT2D eigenvalue weighted by atomic mass is 16.2. The molecule has 1 aliphatic heterocycles.